The summed E-state index contributed by atoms with van der Waals surface area (Å²) in [6.45, 7) is 1.54. The van der Waals surface area contributed by atoms with E-state index in [0.29, 0.717) is 5.69 Å². The van der Waals surface area contributed by atoms with Crippen LogP contribution in [-0.2, 0) is 7.05 Å². The van der Waals surface area contributed by atoms with Crippen molar-refractivity contribution in [2.45, 2.75) is 6.92 Å². The minimum absolute atomic E-state index is 0.0184. The second kappa shape index (κ2) is 5.41. The zero-order chi connectivity index (χ0) is 15.7. The van der Waals surface area contributed by atoms with Crippen LogP contribution < -0.4 is 4.74 Å². The molecule has 0 aliphatic heterocycles. The van der Waals surface area contributed by atoms with Gasteiger partial charge in [0, 0.05) is 19.2 Å². The third-order valence-corrected chi connectivity index (χ3v) is 3.02. The highest BCUT2D eigenvalue weighted by molar-refractivity contribution is 6.32. The molecule has 0 aliphatic rings. The van der Waals surface area contributed by atoms with Crippen LogP contribution in [0.15, 0.2) is 18.2 Å². The number of carbonyl (C=O) groups is 1. The number of aromatic nitrogens is 2. The fraction of sp³-hybridized carbons (Fsp3) is 0.167. The first-order valence-electron chi connectivity index (χ1n) is 5.70. The molecule has 0 amide bonds. The predicted octanol–water partition coefficient (Wildman–Crippen LogP) is 2.78. The van der Waals surface area contributed by atoms with E-state index in [4.69, 9.17) is 21.4 Å². The van der Waals surface area contributed by atoms with E-state index in [1.807, 2.05) is 0 Å². The lowest BCUT2D eigenvalue weighted by molar-refractivity contribution is -0.384. The summed E-state index contributed by atoms with van der Waals surface area (Å²) in [5.41, 5.74) is -0.0383. The lowest BCUT2D eigenvalue weighted by Crippen LogP contribution is -2.02. The van der Waals surface area contributed by atoms with Gasteiger partial charge in [-0.05, 0) is 13.0 Å². The van der Waals surface area contributed by atoms with E-state index >= 15 is 0 Å². The van der Waals surface area contributed by atoms with Crippen molar-refractivity contribution in [3.05, 3.63) is 44.6 Å². The van der Waals surface area contributed by atoms with E-state index in [1.165, 1.54) is 29.9 Å². The van der Waals surface area contributed by atoms with Crippen LogP contribution in [0.2, 0.25) is 5.02 Å². The van der Waals surface area contributed by atoms with Crippen LogP contribution in [-0.4, -0.2) is 25.8 Å². The Balaban J connectivity index is 2.41. The maximum atomic E-state index is 11.2. The molecule has 2 aromatic rings. The largest absolute Gasteiger partial charge is 0.477 e. The highest BCUT2D eigenvalue weighted by Gasteiger charge is 2.22. The Morgan fingerprint density at radius 2 is 2.19 bits per heavy atom. The molecule has 0 aliphatic carbocycles. The van der Waals surface area contributed by atoms with Crippen molar-refractivity contribution in [3.8, 4) is 11.6 Å². The fourth-order valence-electron chi connectivity index (χ4n) is 1.81. The molecule has 0 bridgehead atoms. The molecule has 0 unspecified atom stereocenters. The van der Waals surface area contributed by atoms with E-state index in [-0.39, 0.29) is 27.9 Å². The summed E-state index contributed by atoms with van der Waals surface area (Å²) in [5.74, 6) is -0.982. The van der Waals surface area contributed by atoms with Gasteiger partial charge in [0.2, 0.25) is 5.88 Å². The highest BCUT2D eigenvalue weighted by Crippen LogP contribution is 2.32. The van der Waals surface area contributed by atoms with Gasteiger partial charge in [-0.15, -0.1) is 0 Å². The van der Waals surface area contributed by atoms with Gasteiger partial charge in [-0.3, -0.25) is 10.1 Å². The van der Waals surface area contributed by atoms with Gasteiger partial charge >= 0.3 is 5.97 Å². The van der Waals surface area contributed by atoms with E-state index < -0.39 is 10.9 Å². The molecule has 0 saturated carbocycles. The number of nitro benzene ring substituents is 1. The molecular formula is C12H10ClN3O5. The number of nitro groups is 1. The number of hydrogen-bond donors (Lipinski definition) is 1. The molecule has 0 spiro atoms. The van der Waals surface area contributed by atoms with Crippen LogP contribution >= 0.6 is 11.6 Å². The first-order chi connectivity index (χ1) is 9.81. The molecule has 0 fully saturated rings. The molecule has 1 N–H and O–H groups in total. The normalized spacial score (nSPS) is 10.4. The number of carboxylic acids is 1. The van der Waals surface area contributed by atoms with Crippen LogP contribution in [0.1, 0.15) is 16.1 Å². The van der Waals surface area contributed by atoms with Crippen LogP contribution in [0, 0.1) is 17.0 Å². The molecule has 1 heterocycles. The smallest absolute Gasteiger partial charge is 0.343 e. The summed E-state index contributed by atoms with van der Waals surface area (Å²) in [5, 5.41) is 23.7. The molecule has 0 saturated heterocycles. The van der Waals surface area contributed by atoms with Crippen molar-refractivity contribution in [1.29, 1.82) is 0 Å². The highest BCUT2D eigenvalue weighted by atomic mass is 35.5. The predicted molar refractivity (Wildman–Crippen MR) is 73.1 cm³/mol. The zero-order valence-electron chi connectivity index (χ0n) is 11.0. The van der Waals surface area contributed by atoms with Crippen LogP contribution in [0.5, 0.6) is 11.6 Å². The number of rotatable bonds is 4. The monoisotopic (exact) mass is 311 g/mol. The molecule has 0 radical (unpaired) electrons. The molecule has 1 aromatic carbocycles. The Morgan fingerprint density at radius 1 is 1.52 bits per heavy atom. The van der Waals surface area contributed by atoms with E-state index in [0.717, 1.165) is 0 Å². The number of nitrogens with zero attached hydrogens (tertiary/aromatic N) is 3. The van der Waals surface area contributed by atoms with Gasteiger partial charge in [-0.25, -0.2) is 9.48 Å². The second-order valence-corrected chi connectivity index (χ2v) is 4.57. The average Bonchev–Trinajstić information content (AvgIpc) is 2.63. The fourth-order valence-corrected chi connectivity index (χ4v) is 2.05. The third-order valence-electron chi connectivity index (χ3n) is 2.71. The van der Waals surface area contributed by atoms with Gasteiger partial charge in [0.1, 0.15) is 16.3 Å². The average molecular weight is 312 g/mol. The molecule has 0 atom stereocenters. The third kappa shape index (κ3) is 2.79. The maximum absolute atomic E-state index is 11.2. The number of hydrogen-bond acceptors (Lipinski definition) is 5. The van der Waals surface area contributed by atoms with E-state index in [9.17, 15) is 14.9 Å². The summed E-state index contributed by atoms with van der Waals surface area (Å²) in [6.07, 6.45) is 0. The van der Waals surface area contributed by atoms with Crippen LogP contribution in [0.3, 0.4) is 0 Å². The first-order valence-corrected chi connectivity index (χ1v) is 6.07. The number of benzene rings is 1. The summed E-state index contributed by atoms with van der Waals surface area (Å²) in [7, 11) is 1.53. The van der Waals surface area contributed by atoms with Crippen molar-refractivity contribution in [3.63, 3.8) is 0 Å². The lowest BCUT2D eigenvalue weighted by Gasteiger charge is -2.07. The minimum atomic E-state index is -1.18. The second-order valence-electron chi connectivity index (χ2n) is 4.17. The summed E-state index contributed by atoms with van der Waals surface area (Å²) in [6, 6.07) is 3.76. The number of aryl methyl sites for hydroxylation is 2. The first kappa shape index (κ1) is 14.8. The Morgan fingerprint density at radius 3 is 2.71 bits per heavy atom. The number of carboxylic acid groups (broad SMARTS) is 1. The van der Waals surface area contributed by atoms with Gasteiger partial charge in [0.05, 0.1) is 10.6 Å². The van der Waals surface area contributed by atoms with Crippen LogP contribution in [0.4, 0.5) is 5.69 Å². The molecule has 21 heavy (non-hydrogen) atoms. The quantitative estimate of drug-likeness (QED) is 0.687. The Labute approximate surface area is 123 Å². The van der Waals surface area contributed by atoms with Gasteiger partial charge < -0.3 is 9.84 Å². The molecule has 1 aromatic heterocycles. The summed E-state index contributed by atoms with van der Waals surface area (Å²) in [4.78, 5) is 21.3. The van der Waals surface area contributed by atoms with E-state index in [1.54, 1.807) is 6.92 Å². The Bertz CT molecular complexity index is 741. The van der Waals surface area contributed by atoms with Gasteiger partial charge in [0.25, 0.3) is 5.69 Å². The standard InChI is InChI=1S/C12H10ClN3O5/c1-6-10(12(17)18)11(15(2)14-6)21-7-3-4-9(16(19)20)8(13)5-7/h3-5H,1-2H3,(H,17,18). The molecular weight excluding hydrogens is 302 g/mol. The van der Waals surface area contributed by atoms with Crippen molar-refractivity contribution in [2.24, 2.45) is 7.05 Å². The molecule has 8 nitrogen and oxygen atoms in total. The van der Waals surface area contributed by atoms with Gasteiger partial charge in [-0.1, -0.05) is 11.6 Å². The number of ether oxygens (including phenoxy) is 1. The van der Waals surface area contributed by atoms with Crippen molar-refractivity contribution >= 4 is 23.3 Å². The molecule has 9 heteroatoms. The SMILES string of the molecule is Cc1nn(C)c(Oc2ccc([N+](=O)[O-])c(Cl)c2)c1C(=O)O. The van der Waals surface area contributed by atoms with Crippen molar-refractivity contribution in [1.82, 2.24) is 9.78 Å². The van der Waals surface area contributed by atoms with Crippen LogP contribution in [0.25, 0.3) is 0 Å². The van der Waals surface area contributed by atoms with Gasteiger partial charge in [-0.2, -0.15) is 5.10 Å². The van der Waals surface area contributed by atoms with E-state index in [2.05, 4.69) is 5.10 Å². The number of aromatic carboxylic acids is 1. The maximum Gasteiger partial charge on any atom is 0.343 e. The lowest BCUT2D eigenvalue weighted by atomic mass is 10.2. The van der Waals surface area contributed by atoms with Crippen molar-refractivity contribution in [2.75, 3.05) is 0 Å². The van der Waals surface area contributed by atoms with Gasteiger partial charge in [0.15, 0.2) is 0 Å². The molecule has 2 rings (SSSR count). The zero-order valence-corrected chi connectivity index (χ0v) is 11.8. The summed E-state index contributed by atoms with van der Waals surface area (Å²) < 4.78 is 6.72. The number of halogens is 1. The molecule has 110 valence electrons. The van der Waals surface area contributed by atoms with Crippen molar-refractivity contribution < 1.29 is 19.6 Å². The Hall–Kier alpha value is -2.61. The minimum Gasteiger partial charge on any atom is -0.477 e. The Kier molecular flexibility index (Phi) is 3.81. The summed E-state index contributed by atoms with van der Waals surface area (Å²) >= 11 is 5.78. The topological polar surface area (TPSA) is 107 Å².